The van der Waals surface area contributed by atoms with Gasteiger partial charge in [-0.3, -0.25) is 9.36 Å². The van der Waals surface area contributed by atoms with Gasteiger partial charge < -0.3 is 15.0 Å². The van der Waals surface area contributed by atoms with Crippen molar-refractivity contribution in [2.45, 2.75) is 18.9 Å². The van der Waals surface area contributed by atoms with Gasteiger partial charge >= 0.3 is 0 Å². The number of piperidine rings is 1. The van der Waals surface area contributed by atoms with Crippen molar-refractivity contribution >= 4 is 11.6 Å². The molecular weight excluding hydrogens is 440 g/mol. The topological polar surface area (TPSA) is 63.8 Å². The third-order valence-corrected chi connectivity index (χ3v) is 6.24. The lowest BCUT2D eigenvalue weighted by atomic mass is 9.99. The Morgan fingerprint density at radius 3 is 2.38 bits per heavy atom. The van der Waals surface area contributed by atoms with E-state index in [0.29, 0.717) is 36.2 Å². The van der Waals surface area contributed by atoms with E-state index in [0.717, 1.165) is 12.8 Å². The smallest absolute Gasteiger partial charge is 0.263 e. The number of aromatic nitrogens is 2. The predicted octanol–water partition coefficient (Wildman–Crippen LogP) is 4.14. The third kappa shape index (κ3) is 4.24. The van der Waals surface area contributed by atoms with Crippen molar-refractivity contribution in [3.05, 3.63) is 69.8 Å². The van der Waals surface area contributed by atoms with Gasteiger partial charge in [0.15, 0.2) is 11.6 Å². The van der Waals surface area contributed by atoms with Crippen molar-refractivity contribution in [1.29, 1.82) is 0 Å². The van der Waals surface area contributed by atoms with Crippen LogP contribution in [0.15, 0.2) is 41.2 Å². The normalized spacial score (nSPS) is 14.2. The average molecular weight is 466 g/mol. The van der Waals surface area contributed by atoms with Crippen LogP contribution in [0, 0.1) is 18.2 Å². The molecule has 1 aliphatic heterocycles. The van der Waals surface area contributed by atoms with Gasteiger partial charge in [0.05, 0.1) is 24.9 Å². The third-order valence-electron chi connectivity index (χ3n) is 6.24. The summed E-state index contributed by atoms with van der Waals surface area (Å²) in [4.78, 5) is 23.6. The SMILES string of the molecule is [C-]#[N+]c1ccc(-c2nc(N3CCC(NC)CC3)n(C)c(=O)c2-c2ccc(OC)c(F)c2)cc1F. The maximum absolute atomic E-state index is 14.5. The molecule has 1 aliphatic rings. The van der Waals surface area contributed by atoms with E-state index in [9.17, 15) is 13.6 Å². The molecule has 0 aliphatic carbocycles. The average Bonchev–Trinajstić information content (AvgIpc) is 2.85. The number of benzene rings is 2. The Bertz CT molecular complexity index is 1320. The number of nitrogens with one attached hydrogen (secondary N) is 1. The molecule has 34 heavy (non-hydrogen) atoms. The Balaban J connectivity index is 1.93. The van der Waals surface area contributed by atoms with Gasteiger partial charge in [0, 0.05) is 31.7 Å². The van der Waals surface area contributed by atoms with Gasteiger partial charge in [0.1, 0.15) is 5.82 Å². The van der Waals surface area contributed by atoms with Gasteiger partial charge in [0.2, 0.25) is 11.6 Å². The maximum Gasteiger partial charge on any atom is 0.263 e. The molecule has 0 spiro atoms. The van der Waals surface area contributed by atoms with Crippen molar-refractivity contribution in [2.24, 2.45) is 7.05 Å². The van der Waals surface area contributed by atoms with Gasteiger partial charge in [-0.25, -0.2) is 18.6 Å². The van der Waals surface area contributed by atoms with Crippen molar-refractivity contribution in [1.82, 2.24) is 14.9 Å². The van der Waals surface area contributed by atoms with Crippen molar-refractivity contribution in [3.63, 3.8) is 0 Å². The first-order valence-electron chi connectivity index (χ1n) is 10.9. The molecule has 3 aromatic rings. The van der Waals surface area contributed by atoms with E-state index in [1.54, 1.807) is 19.2 Å². The van der Waals surface area contributed by atoms with Crippen LogP contribution in [-0.4, -0.2) is 42.8 Å². The summed E-state index contributed by atoms with van der Waals surface area (Å²) in [6, 6.07) is 8.72. The minimum atomic E-state index is -0.710. The van der Waals surface area contributed by atoms with E-state index in [4.69, 9.17) is 16.3 Å². The van der Waals surface area contributed by atoms with Crippen LogP contribution in [0.3, 0.4) is 0 Å². The van der Waals surface area contributed by atoms with Gasteiger partial charge in [-0.1, -0.05) is 18.2 Å². The molecule has 1 fully saturated rings. The van der Waals surface area contributed by atoms with Crippen LogP contribution in [0.4, 0.5) is 20.4 Å². The van der Waals surface area contributed by atoms with Crippen molar-refractivity contribution in [2.75, 3.05) is 32.1 Å². The van der Waals surface area contributed by atoms with E-state index in [1.807, 2.05) is 11.9 Å². The minimum Gasteiger partial charge on any atom is -0.494 e. The van der Waals surface area contributed by atoms with Gasteiger partial charge in [0.25, 0.3) is 5.56 Å². The summed E-state index contributed by atoms with van der Waals surface area (Å²) in [6.45, 7) is 8.51. The van der Waals surface area contributed by atoms with Crippen LogP contribution < -0.4 is 20.5 Å². The Morgan fingerprint density at radius 2 is 1.79 bits per heavy atom. The van der Waals surface area contributed by atoms with Gasteiger partial charge in [-0.15, -0.1) is 0 Å². The molecule has 2 heterocycles. The molecule has 0 atom stereocenters. The fraction of sp³-hybridized carbons (Fsp3) is 0.320. The molecule has 4 rings (SSSR count). The molecule has 0 saturated carbocycles. The van der Waals surface area contributed by atoms with Crippen LogP contribution in [0.5, 0.6) is 5.75 Å². The highest BCUT2D eigenvalue weighted by Crippen LogP contribution is 2.34. The number of nitrogens with zero attached hydrogens (tertiary/aromatic N) is 4. The molecule has 0 bridgehead atoms. The van der Waals surface area contributed by atoms with E-state index < -0.39 is 11.6 Å². The zero-order chi connectivity index (χ0) is 24.4. The van der Waals surface area contributed by atoms with Crippen LogP contribution in [0.1, 0.15) is 12.8 Å². The molecular formula is C25H25F2N5O2. The predicted molar refractivity (Wildman–Crippen MR) is 127 cm³/mol. The highest BCUT2D eigenvalue weighted by molar-refractivity contribution is 5.82. The molecule has 9 heteroatoms. The largest absolute Gasteiger partial charge is 0.494 e. The summed E-state index contributed by atoms with van der Waals surface area (Å²) >= 11 is 0. The lowest BCUT2D eigenvalue weighted by Crippen LogP contribution is -2.43. The van der Waals surface area contributed by atoms with E-state index >= 15 is 0 Å². The molecule has 0 amide bonds. The van der Waals surface area contributed by atoms with Crippen LogP contribution >= 0.6 is 0 Å². The van der Waals surface area contributed by atoms with E-state index in [-0.39, 0.29) is 28.3 Å². The highest BCUT2D eigenvalue weighted by atomic mass is 19.1. The second-order valence-electron chi connectivity index (χ2n) is 8.18. The summed E-state index contributed by atoms with van der Waals surface area (Å²) in [6.07, 6.45) is 1.78. The first kappa shape index (κ1) is 23.4. The zero-order valence-corrected chi connectivity index (χ0v) is 19.2. The fourth-order valence-electron chi connectivity index (χ4n) is 4.28. The summed E-state index contributed by atoms with van der Waals surface area (Å²) in [5.41, 5.74) is 0.507. The number of anilines is 1. The maximum atomic E-state index is 14.5. The molecule has 1 aromatic heterocycles. The zero-order valence-electron chi connectivity index (χ0n) is 19.2. The van der Waals surface area contributed by atoms with Gasteiger partial charge in [-0.05, 0) is 43.7 Å². The number of rotatable bonds is 5. The fourth-order valence-corrected chi connectivity index (χ4v) is 4.28. The number of halogens is 2. The Morgan fingerprint density at radius 1 is 1.12 bits per heavy atom. The monoisotopic (exact) mass is 465 g/mol. The van der Waals surface area contributed by atoms with Crippen LogP contribution in [-0.2, 0) is 7.05 Å². The highest BCUT2D eigenvalue weighted by Gasteiger charge is 2.25. The number of hydrogen-bond donors (Lipinski definition) is 1. The van der Waals surface area contributed by atoms with E-state index in [2.05, 4.69) is 10.2 Å². The number of methoxy groups -OCH3 is 1. The lowest BCUT2D eigenvalue weighted by Gasteiger charge is -2.33. The first-order chi connectivity index (χ1) is 16.4. The Kier molecular flexibility index (Phi) is 6.61. The minimum absolute atomic E-state index is 0.0477. The van der Waals surface area contributed by atoms with Crippen LogP contribution in [0.2, 0.25) is 0 Å². The molecule has 1 saturated heterocycles. The van der Waals surface area contributed by atoms with Crippen molar-refractivity contribution < 1.29 is 13.5 Å². The molecule has 1 N–H and O–H groups in total. The Hall–Kier alpha value is -3.77. The number of ether oxygens (including phenoxy) is 1. The molecule has 0 radical (unpaired) electrons. The quantitative estimate of drug-likeness (QED) is 0.574. The van der Waals surface area contributed by atoms with Crippen molar-refractivity contribution in [3.8, 4) is 28.1 Å². The molecule has 0 unspecified atom stereocenters. The van der Waals surface area contributed by atoms with Crippen LogP contribution in [0.25, 0.3) is 27.2 Å². The van der Waals surface area contributed by atoms with Gasteiger partial charge in [-0.2, -0.15) is 0 Å². The summed E-state index contributed by atoms with van der Waals surface area (Å²) in [7, 11) is 4.92. The molecule has 176 valence electrons. The van der Waals surface area contributed by atoms with E-state index in [1.165, 1.54) is 35.9 Å². The summed E-state index contributed by atoms with van der Waals surface area (Å²) in [5.74, 6) is -0.826. The first-order valence-corrected chi connectivity index (χ1v) is 10.9. The lowest BCUT2D eigenvalue weighted by molar-refractivity contribution is 0.386. The summed E-state index contributed by atoms with van der Waals surface area (Å²) < 4.78 is 35.5. The standard InChI is InChI=1S/C25H25F2N5O2/c1-28-17-9-11-32(12-10-17)25-30-23(16-5-7-20(29-2)18(26)14-16)22(24(33)31(25)3)15-6-8-21(34-4)19(27)13-15/h5-8,13-14,17,28H,9-12H2,1,3-4H3. The Labute approximate surface area is 196 Å². The molecule has 2 aromatic carbocycles. The summed E-state index contributed by atoms with van der Waals surface area (Å²) in [5, 5.41) is 3.27. The second-order valence-corrected chi connectivity index (χ2v) is 8.18. The second kappa shape index (κ2) is 9.61. The number of hydrogen-bond acceptors (Lipinski definition) is 5. The molecule has 7 nitrogen and oxygen atoms in total.